The molecule has 0 fully saturated rings. The third kappa shape index (κ3) is 5.83. The number of benzene rings is 1. The zero-order valence-corrected chi connectivity index (χ0v) is 14.2. The van der Waals surface area contributed by atoms with Crippen molar-refractivity contribution in [1.29, 1.82) is 0 Å². The molecule has 23 heavy (non-hydrogen) atoms. The first-order chi connectivity index (χ1) is 11.1. The number of unbranched alkanes of at least 4 members (excludes halogenated alkanes) is 1. The van der Waals surface area contributed by atoms with Crippen LogP contribution in [0, 0.1) is 0 Å². The van der Waals surface area contributed by atoms with E-state index in [1.165, 1.54) is 12.8 Å². The summed E-state index contributed by atoms with van der Waals surface area (Å²) in [5.41, 5.74) is 1.01. The van der Waals surface area contributed by atoms with Crippen LogP contribution < -0.4 is 5.32 Å². The number of carbonyl (C=O) groups is 1. The fraction of sp³-hybridized carbons (Fsp3) is 0.550. The second-order valence-electron chi connectivity index (χ2n) is 6.59. The SMILES string of the molecule is CCCCNC(=O)c1ccc(CC2(O)/C=C\CCCCC2)cc1. The molecule has 1 aromatic carbocycles. The van der Waals surface area contributed by atoms with E-state index in [1.807, 2.05) is 30.3 Å². The van der Waals surface area contributed by atoms with Gasteiger partial charge in [0, 0.05) is 18.5 Å². The molecule has 0 spiro atoms. The summed E-state index contributed by atoms with van der Waals surface area (Å²) in [5, 5.41) is 13.7. The third-order valence-electron chi connectivity index (χ3n) is 4.45. The van der Waals surface area contributed by atoms with Gasteiger partial charge in [-0.15, -0.1) is 0 Å². The van der Waals surface area contributed by atoms with Crippen LogP contribution in [0.3, 0.4) is 0 Å². The number of nitrogens with one attached hydrogen (secondary N) is 1. The Kier molecular flexibility index (Phi) is 6.85. The van der Waals surface area contributed by atoms with Crippen molar-refractivity contribution in [3.8, 4) is 0 Å². The average Bonchev–Trinajstić information content (AvgIpc) is 2.52. The van der Waals surface area contributed by atoms with Crippen molar-refractivity contribution < 1.29 is 9.90 Å². The van der Waals surface area contributed by atoms with E-state index in [9.17, 15) is 9.90 Å². The third-order valence-corrected chi connectivity index (χ3v) is 4.45. The molecule has 126 valence electrons. The Labute approximate surface area is 139 Å². The highest BCUT2D eigenvalue weighted by molar-refractivity contribution is 5.94. The minimum Gasteiger partial charge on any atom is -0.385 e. The van der Waals surface area contributed by atoms with E-state index in [0.29, 0.717) is 12.0 Å². The van der Waals surface area contributed by atoms with Gasteiger partial charge in [0.15, 0.2) is 0 Å². The minimum atomic E-state index is -0.745. The lowest BCUT2D eigenvalue weighted by Crippen LogP contribution is -2.29. The molecule has 3 heteroatoms. The average molecular weight is 315 g/mol. The second-order valence-corrected chi connectivity index (χ2v) is 6.59. The molecule has 0 aromatic heterocycles. The topological polar surface area (TPSA) is 49.3 Å². The van der Waals surface area contributed by atoms with Crippen molar-refractivity contribution in [2.75, 3.05) is 6.54 Å². The van der Waals surface area contributed by atoms with Gasteiger partial charge in [-0.25, -0.2) is 0 Å². The summed E-state index contributed by atoms with van der Waals surface area (Å²) in [6, 6.07) is 7.62. The zero-order valence-electron chi connectivity index (χ0n) is 14.2. The summed E-state index contributed by atoms with van der Waals surface area (Å²) < 4.78 is 0. The van der Waals surface area contributed by atoms with Crippen LogP contribution in [0.4, 0.5) is 0 Å². The molecule has 1 atom stereocenters. The highest BCUT2D eigenvalue weighted by Crippen LogP contribution is 2.25. The Morgan fingerprint density at radius 3 is 2.74 bits per heavy atom. The Morgan fingerprint density at radius 2 is 2.00 bits per heavy atom. The molecule has 2 rings (SSSR count). The van der Waals surface area contributed by atoms with Gasteiger partial charge in [0.25, 0.3) is 5.91 Å². The number of allylic oxidation sites excluding steroid dienone is 1. The summed E-state index contributed by atoms with van der Waals surface area (Å²) in [7, 11) is 0. The molecule has 0 radical (unpaired) electrons. The maximum absolute atomic E-state index is 12.0. The second kappa shape index (κ2) is 8.88. The van der Waals surface area contributed by atoms with Crippen molar-refractivity contribution in [3.05, 3.63) is 47.5 Å². The summed E-state index contributed by atoms with van der Waals surface area (Å²) in [6.45, 7) is 2.83. The first kappa shape index (κ1) is 17.7. The van der Waals surface area contributed by atoms with Gasteiger partial charge in [-0.05, 0) is 43.4 Å². The summed E-state index contributed by atoms with van der Waals surface area (Å²) in [5.74, 6) is -0.0189. The monoisotopic (exact) mass is 315 g/mol. The fourth-order valence-electron chi connectivity index (χ4n) is 3.01. The molecule has 1 amide bonds. The summed E-state index contributed by atoms with van der Waals surface area (Å²) in [4.78, 5) is 12.0. The van der Waals surface area contributed by atoms with Crippen molar-refractivity contribution in [2.24, 2.45) is 0 Å². The molecule has 0 saturated carbocycles. The van der Waals surface area contributed by atoms with Gasteiger partial charge in [0.05, 0.1) is 5.60 Å². The van der Waals surface area contributed by atoms with Crippen LogP contribution in [0.2, 0.25) is 0 Å². The highest BCUT2D eigenvalue weighted by atomic mass is 16.3. The highest BCUT2D eigenvalue weighted by Gasteiger charge is 2.24. The Morgan fingerprint density at radius 1 is 1.22 bits per heavy atom. The smallest absolute Gasteiger partial charge is 0.251 e. The number of amides is 1. The van der Waals surface area contributed by atoms with Crippen LogP contribution in [0.5, 0.6) is 0 Å². The number of aliphatic hydroxyl groups is 1. The van der Waals surface area contributed by atoms with Crippen molar-refractivity contribution >= 4 is 5.91 Å². The lowest BCUT2D eigenvalue weighted by atomic mass is 9.86. The molecule has 2 N–H and O–H groups in total. The van der Waals surface area contributed by atoms with Gasteiger partial charge < -0.3 is 10.4 Å². The van der Waals surface area contributed by atoms with E-state index in [1.54, 1.807) is 0 Å². The van der Waals surface area contributed by atoms with Crippen LogP contribution in [0.25, 0.3) is 0 Å². The predicted molar refractivity (Wildman–Crippen MR) is 94.6 cm³/mol. The molecular weight excluding hydrogens is 286 g/mol. The van der Waals surface area contributed by atoms with Crippen LogP contribution >= 0.6 is 0 Å². The normalized spacial score (nSPS) is 22.9. The van der Waals surface area contributed by atoms with Gasteiger partial charge in [0.1, 0.15) is 0 Å². The maximum Gasteiger partial charge on any atom is 0.251 e. The van der Waals surface area contributed by atoms with Gasteiger partial charge in [0.2, 0.25) is 0 Å². The van der Waals surface area contributed by atoms with Crippen LogP contribution in [0.15, 0.2) is 36.4 Å². The first-order valence-corrected chi connectivity index (χ1v) is 8.90. The Balaban J connectivity index is 1.96. The number of carbonyl (C=O) groups excluding carboxylic acids is 1. The maximum atomic E-state index is 12.0. The number of rotatable bonds is 6. The van der Waals surface area contributed by atoms with Gasteiger partial charge in [-0.3, -0.25) is 4.79 Å². The van der Waals surface area contributed by atoms with Crippen LogP contribution in [0.1, 0.15) is 67.8 Å². The molecule has 1 aliphatic carbocycles. The van der Waals surface area contributed by atoms with Crippen LogP contribution in [-0.2, 0) is 6.42 Å². The molecule has 3 nitrogen and oxygen atoms in total. The minimum absolute atomic E-state index is 0.0189. The quantitative estimate of drug-likeness (QED) is 0.615. The fourth-order valence-corrected chi connectivity index (χ4v) is 3.01. The molecule has 1 unspecified atom stereocenters. The number of hydrogen-bond donors (Lipinski definition) is 2. The van der Waals surface area contributed by atoms with Crippen molar-refractivity contribution in [1.82, 2.24) is 5.32 Å². The van der Waals surface area contributed by atoms with E-state index in [4.69, 9.17) is 0 Å². The van der Waals surface area contributed by atoms with E-state index in [-0.39, 0.29) is 5.91 Å². The van der Waals surface area contributed by atoms with Gasteiger partial charge in [-0.1, -0.05) is 50.5 Å². The van der Waals surface area contributed by atoms with E-state index >= 15 is 0 Å². The molecule has 0 bridgehead atoms. The number of hydrogen-bond acceptors (Lipinski definition) is 2. The summed E-state index contributed by atoms with van der Waals surface area (Å²) in [6.07, 6.45) is 12.1. The van der Waals surface area contributed by atoms with E-state index in [0.717, 1.165) is 44.2 Å². The van der Waals surface area contributed by atoms with Gasteiger partial charge in [-0.2, -0.15) is 0 Å². The molecular formula is C20H29NO2. The van der Waals surface area contributed by atoms with Crippen molar-refractivity contribution in [3.63, 3.8) is 0 Å². The lowest BCUT2D eigenvalue weighted by Gasteiger charge is -2.26. The molecule has 0 aliphatic heterocycles. The lowest BCUT2D eigenvalue weighted by molar-refractivity contribution is 0.0772. The van der Waals surface area contributed by atoms with E-state index in [2.05, 4.69) is 18.3 Å². The molecule has 0 saturated heterocycles. The standard InChI is InChI=1S/C20H29NO2/c1-2-3-15-21-19(22)18-11-9-17(10-12-18)16-20(23)13-7-5-4-6-8-14-20/h7,9-13,23H,2-6,8,14-16H2,1H3,(H,21,22)/b13-7-. The van der Waals surface area contributed by atoms with E-state index < -0.39 is 5.60 Å². The van der Waals surface area contributed by atoms with Crippen LogP contribution in [-0.4, -0.2) is 23.2 Å². The largest absolute Gasteiger partial charge is 0.385 e. The first-order valence-electron chi connectivity index (χ1n) is 8.90. The molecule has 1 aliphatic rings. The predicted octanol–water partition coefficient (Wildman–Crippen LogP) is 4.01. The Hall–Kier alpha value is -1.61. The molecule has 1 aromatic rings. The van der Waals surface area contributed by atoms with Gasteiger partial charge >= 0.3 is 0 Å². The Bertz CT molecular complexity index is 521. The summed E-state index contributed by atoms with van der Waals surface area (Å²) >= 11 is 0. The van der Waals surface area contributed by atoms with Crippen molar-refractivity contribution in [2.45, 2.75) is 63.9 Å². The molecule has 0 heterocycles. The zero-order chi connectivity index (χ0) is 16.5.